The minimum atomic E-state index is 0.138. The summed E-state index contributed by atoms with van der Waals surface area (Å²) in [4.78, 5) is 8.23. The van der Waals surface area contributed by atoms with Crippen LogP contribution in [0.15, 0.2) is 0 Å². The van der Waals surface area contributed by atoms with Crippen LogP contribution in [-0.2, 0) is 11.8 Å². The van der Waals surface area contributed by atoms with Gasteiger partial charge < -0.3 is 10.3 Å². The average Bonchev–Trinajstić information content (AvgIpc) is 2.60. The highest BCUT2D eigenvalue weighted by Gasteiger charge is 2.22. The Hall–Kier alpha value is -0.830. The monoisotopic (exact) mass is 235 g/mol. The van der Waals surface area contributed by atoms with Crippen LogP contribution in [0.3, 0.4) is 0 Å². The van der Waals surface area contributed by atoms with E-state index in [1.54, 1.807) is 0 Å². The van der Waals surface area contributed by atoms with E-state index in [-0.39, 0.29) is 5.41 Å². The van der Waals surface area contributed by atoms with Crippen LogP contribution < -0.4 is 5.32 Å². The van der Waals surface area contributed by atoms with Crippen LogP contribution >= 0.6 is 0 Å². The number of H-pyrrole nitrogens is 1. The molecule has 1 aliphatic rings. The van der Waals surface area contributed by atoms with Crippen LogP contribution in [0, 0.1) is 6.92 Å². The lowest BCUT2D eigenvalue weighted by Crippen LogP contribution is -2.35. The Morgan fingerprint density at radius 1 is 1.29 bits per heavy atom. The first kappa shape index (κ1) is 12.6. The van der Waals surface area contributed by atoms with E-state index in [0.29, 0.717) is 6.04 Å². The average molecular weight is 235 g/mol. The highest BCUT2D eigenvalue weighted by Crippen LogP contribution is 2.24. The largest absolute Gasteiger partial charge is 0.346 e. The van der Waals surface area contributed by atoms with Gasteiger partial charge in [-0.1, -0.05) is 27.2 Å². The van der Waals surface area contributed by atoms with Crippen molar-refractivity contribution in [2.24, 2.45) is 0 Å². The van der Waals surface area contributed by atoms with E-state index in [1.807, 2.05) is 0 Å². The number of imidazole rings is 1. The van der Waals surface area contributed by atoms with Crippen molar-refractivity contribution in [1.29, 1.82) is 0 Å². The molecular weight excluding hydrogens is 210 g/mol. The van der Waals surface area contributed by atoms with Crippen LogP contribution in [0.4, 0.5) is 0 Å². The Bertz CT molecular complexity index is 367. The first-order chi connectivity index (χ1) is 7.97. The second-order valence-corrected chi connectivity index (χ2v) is 6.26. The van der Waals surface area contributed by atoms with Gasteiger partial charge in [-0.15, -0.1) is 0 Å². The zero-order chi connectivity index (χ0) is 12.5. The first-order valence-electron chi connectivity index (χ1n) is 6.76. The van der Waals surface area contributed by atoms with Crippen molar-refractivity contribution < 1.29 is 0 Å². The summed E-state index contributed by atoms with van der Waals surface area (Å²) in [5.41, 5.74) is 2.57. The van der Waals surface area contributed by atoms with E-state index in [1.165, 1.54) is 30.7 Å². The first-order valence-corrected chi connectivity index (χ1v) is 6.76. The highest BCUT2D eigenvalue weighted by atomic mass is 15.0. The molecule has 0 aliphatic carbocycles. The van der Waals surface area contributed by atoms with Gasteiger partial charge in [0.05, 0.1) is 5.69 Å². The fourth-order valence-corrected chi connectivity index (χ4v) is 2.68. The summed E-state index contributed by atoms with van der Waals surface area (Å²) in [5.74, 6) is 1.15. The summed E-state index contributed by atoms with van der Waals surface area (Å²) in [6, 6.07) is 0.613. The molecule has 3 heteroatoms. The molecule has 3 nitrogen and oxygen atoms in total. The molecule has 0 bridgehead atoms. The molecule has 1 aliphatic heterocycles. The molecule has 0 aromatic carbocycles. The van der Waals surface area contributed by atoms with Gasteiger partial charge in [0, 0.05) is 23.6 Å². The summed E-state index contributed by atoms with van der Waals surface area (Å²) >= 11 is 0. The smallest absolute Gasteiger partial charge is 0.108 e. The fourth-order valence-electron chi connectivity index (χ4n) is 2.68. The van der Waals surface area contributed by atoms with Gasteiger partial charge >= 0.3 is 0 Å². The van der Waals surface area contributed by atoms with Crippen molar-refractivity contribution in [2.45, 2.75) is 64.8 Å². The Balaban J connectivity index is 2.06. The topological polar surface area (TPSA) is 40.7 Å². The van der Waals surface area contributed by atoms with Crippen LogP contribution in [0.1, 0.15) is 57.2 Å². The van der Waals surface area contributed by atoms with Crippen LogP contribution in [0.25, 0.3) is 0 Å². The van der Waals surface area contributed by atoms with Gasteiger partial charge in [-0.25, -0.2) is 4.98 Å². The van der Waals surface area contributed by atoms with Crippen molar-refractivity contribution in [3.63, 3.8) is 0 Å². The maximum atomic E-state index is 4.78. The SMILES string of the molecule is Cc1[nH]c(CC2CCCCN2)nc1C(C)(C)C. The fraction of sp³-hybridized carbons (Fsp3) is 0.786. The number of aromatic nitrogens is 2. The van der Waals surface area contributed by atoms with Crippen LogP contribution in [0.5, 0.6) is 0 Å². The van der Waals surface area contributed by atoms with Crippen molar-refractivity contribution in [3.8, 4) is 0 Å². The lowest BCUT2D eigenvalue weighted by molar-refractivity contribution is 0.394. The zero-order valence-electron chi connectivity index (χ0n) is 11.6. The molecule has 1 fully saturated rings. The number of hydrogen-bond acceptors (Lipinski definition) is 2. The van der Waals surface area contributed by atoms with Gasteiger partial charge in [-0.2, -0.15) is 0 Å². The van der Waals surface area contributed by atoms with E-state index in [4.69, 9.17) is 4.98 Å². The van der Waals surface area contributed by atoms with E-state index < -0.39 is 0 Å². The van der Waals surface area contributed by atoms with Gasteiger partial charge in [0.1, 0.15) is 5.82 Å². The molecule has 2 N–H and O–H groups in total. The molecule has 0 saturated carbocycles. The summed E-state index contributed by atoms with van der Waals surface area (Å²) in [5, 5.41) is 3.58. The highest BCUT2D eigenvalue weighted by molar-refractivity contribution is 5.21. The Labute approximate surface area is 104 Å². The molecular formula is C14H25N3. The Morgan fingerprint density at radius 3 is 2.59 bits per heavy atom. The lowest BCUT2D eigenvalue weighted by Gasteiger charge is -2.22. The van der Waals surface area contributed by atoms with E-state index in [2.05, 4.69) is 38.0 Å². The number of nitrogens with zero attached hydrogens (tertiary/aromatic N) is 1. The van der Waals surface area contributed by atoms with Crippen LogP contribution in [-0.4, -0.2) is 22.6 Å². The van der Waals surface area contributed by atoms with Gasteiger partial charge in [-0.05, 0) is 26.3 Å². The normalized spacial score (nSPS) is 21.8. The van der Waals surface area contributed by atoms with Crippen LogP contribution in [0.2, 0.25) is 0 Å². The molecule has 0 spiro atoms. The van der Waals surface area contributed by atoms with Gasteiger partial charge in [0.25, 0.3) is 0 Å². The third kappa shape index (κ3) is 3.09. The molecule has 17 heavy (non-hydrogen) atoms. The number of rotatable bonds is 2. The maximum Gasteiger partial charge on any atom is 0.108 e. The quantitative estimate of drug-likeness (QED) is 0.827. The van der Waals surface area contributed by atoms with E-state index in [9.17, 15) is 0 Å². The van der Waals surface area contributed by atoms with Gasteiger partial charge in [0.15, 0.2) is 0 Å². The predicted molar refractivity (Wildman–Crippen MR) is 71.4 cm³/mol. The van der Waals surface area contributed by atoms with Gasteiger partial charge in [-0.3, -0.25) is 0 Å². The van der Waals surface area contributed by atoms with Crippen molar-refractivity contribution >= 4 is 0 Å². The maximum absolute atomic E-state index is 4.78. The molecule has 2 heterocycles. The molecule has 0 radical (unpaired) electrons. The molecule has 1 saturated heterocycles. The predicted octanol–water partition coefficient (Wildman–Crippen LogP) is 2.70. The second kappa shape index (κ2) is 4.81. The van der Waals surface area contributed by atoms with Crippen molar-refractivity contribution in [2.75, 3.05) is 6.54 Å². The molecule has 1 unspecified atom stereocenters. The molecule has 1 aromatic rings. The van der Waals surface area contributed by atoms with E-state index >= 15 is 0 Å². The summed E-state index contributed by atoms with van der Waals surface area (Å²) < 4.78 is 0. The molecule has 1 atom stereocenters. The third-order valence-corrected chi connectivity index (χ3v) is 3.50. The third-order valence-electron chi connectivity index (χ3n) is 3.50. The number of aromatic amines is 1. The summed E-state index contributed by atoms with van der Waals surface area (Å²) in [6.45, 7) is 9.96. The van der Waals surface area contributed by atoms with Crippen molar-refractivity contribution in [3.05, 3.63) is 17.2 Å². The standard InChI is InChI=1S/C14H25N3/c1-10-13(14(2,3)4)17-12(16-10)9-11-7-5-6-8-15-11/h11,15H,5-9H2,1-4H3,(H,16,17). The lowest BCUT2D eigenvalue weighted by atomic mass is 9.91. The summed E-state index contributed by atoms with van der Waals surface area (Å²) in [7, 11) is 0. The van der Waals surface area contributed by atoms with Gasteiger partial charge in [0.2, 0.25) is 0 Å². The minimum Gasteiger partial charge on any atom is -0.346 e. The number of aryl methyl sites for hydroxylation is 1. The number of nitrogens with one attached hydrogen (secondary N) is 2. The molecule has 0 amide bonds. The molecule has 2 rings (SSSR count). The number of hydrogen-bond donors (Lipinski definition) is 2. The van der Waals surface area contributed by atoms with Crippen molar-refractivity contribution in [1.82, 2.24) is 15.3 Å². The minimum absolute atomic E-state index is 0.138. The molecule has 1 aromatic heterocycles. The zero-order valence-corrected chi connectivity index (χ0v) is 11.6. The van der Waals surface area contributed by atoms with E-state index in [0.717, 1.165) is 18.8 Å². The number of piperidine rings is 1. The molecule has 96 valence electrons. The second-order valence-electron chi connectivity index (χ2n) is 6.26. The Morgan fingerprint density at radius 2 is 2.06 bits per heavy atom. The Kier molecular flexibility index (Phi) is 3.57. The summed E-state index contributed by atoms with van der Waals surface area (Å²) in [6.07, 6.45) is 4.99.